The second-order valence-electron chi connectivity index (χ2n) is 4.24. The first kappa shape index (κ1) is 15.3. The quantitative estimate of drug-likeness (QED) is 0.369. The third-order valence-corrected chi connectivity index (χ3v) is 3.57. The molecule has 0 aromatic heterocycles. The van der Waals surface area contributed by atoms with Gasteiger partial charge >= 0.3 is 5.97 Å². The van der Waals surface area contributed by atoms with E-state index in [0.29, 0.717) is 18.0 Å². The molecule has 0 aliphatic heterocycles. The zero-order valence-electron chi connectivity index (χ0n) is 11.5. The van der Waals surface area contributed by atoms with Gasteiger partial charge in [-0.25, -0.2) is 4.79 Å². The average molecular weight is 303 g/mol. The fourth-order valence-corrected chi connectivity index (χ4v) is 2.33. The van der Waals surface area contributed by atoms with Crippen molar-refractivity contribution in [1.29, 1.82) is 0 Å². The number of nitrogen functional groups attached to an aromatic ring is 1. The summed E-state index contributed by atoms with van der Waals surface area (Å²) in [4.78, 5) is 12.7. The lowest BCUT2D eigenvalue weighted by Crippen LogP contribution is -2.16. The van der Waals surface area contributed by atoms with E-state index in [9.17, 15) is 4.79 Å². The summed E-state index contributed by atoms with van der Waals surface area (Å²) in [6, 6.07) is 16.9. The molecule has 5 heteroatoms. The number of hydrogen-bond donors (Lipinski definition) is 1. The molecule has 0 atom stereocenters. The van der Waals surface area contributed by atoms with E-state index in [2.05, 4.69) is 0 Å². The maximum absolute atomic E-state index is 11.5. The normalized spacial score (nSPS) is 10.1. The van der Waals surface area contributed by atoms with E-state index in [0.717, 1.165) is 10.6 Å². The van der Waals surface area contributed by atoms with E-state index >= 15 is 0 Å². The minimum absolute atomic E-state index is 0.0973. The highest BCUT2D eigenvalue weighted by molar-refractivity contribution is 7.99. The summed E-state index contributed by atoms with van der Waals surface area (Å²) in [7, 11) is 0. The molecule has 0 fully saturated rings. The largest absolute Gasteiger partial charge is 0.482 e. The van der Waals surface area contributed by atoms with Crippen LogP contribution in [0.5, 0.6) is 5.75 Å². The lowest BCUT2D eigenvalue weighted by molar-refractivity contribution is -0.145. The Morgan fingerprint density at radius 1 is 1.05 bits per heavy atom. The maximum atomic E-state index is 11.5. The molecule has 0 unspecified atom stereocenters. The van der Waals surface area contributed by atoms with Crippen molar-refractivity contribution >= 4 is 23.4 Å². The van der Waals surface area contributed by atoms with E-state index in [1.807, 2.05) is 30.3 Å². The highest BCUT2D eigenvalue weighted by atomic mass is 32.2. The van der Waals surface area contributed by atoms with Crippen molar-refractivity contribution in [3.05, 3.63) is 54.6 Å². The number of benzene rings is 2. The number of rotatable bonds is 7. The smallest absolute Gasteiger partial charge is 0.344 e. The third-order valence-electron chi connectivity index (χ3n) is 2.60. The molecule has 21 heavy (non-hydrogen) atoms. The van der Waals surface area contributed by atoms with Crippen LogP contribution in [-0.4, -0.2) is 24.9 Å². The van der Waals surface area contributed by atoms with Gasteiger partial charge in [0.15, 0.2) is 6.61 Å². The number of thioether (sulfide) groups is 1. The maximum Gasteiger partial charge on any atom is 0.344 e. The Hall–Kier alpha value is -2.14. The van der Waals surface area contributed by atoms with Crippen LogP contribution in [0.4, 0.5) is 5.69 Å². The summed E-state index contributed by atoms with van der Waals surface area (Å²) in [6.45, 7) is 0.267. The lowest BCUT2D eigenvalue weighted by Gasteiger charge is -2.07. The first-order valence-corrected chi connectivity index (χ1v) is 7.54. The molecular weight excluding hydrogens is 286 g/mol. The zero-order chi connectivity index (χ0) is 14.9. The van der Waals surface area contributed by atoms with Crippen molar-refractivity contribution in [3.8, 4) is 5.75 Å². The van der Waals surface area contributed by atoms with Gasteiger partial charge in [0.25, 0.3) is 0 Å². The molecule has 0 aliphatic carbocycles. The molecule has 0 amide bonds. The van der Waals surface area contributed by atoms with Gasteiger partial charge in [-0.05, 0) is 36.4 Å². The minimum atomic E-state index is -0.375. The monoisotopic (exact) mass is 303 g/mol. The van der Waals surface area contributed by atoms with Gasteiger partial charge in [0.1, 0.15) is 12.4 Å². The van der Waals surface area contributed by atoms with E-state index in [4.69, 9.17) is 15.2 Å². The van der Waals surface area contributed by atoms with Crippen molar-refractivity contribution in [1.82, 2.24) is 0 Å². The second-order valence-corrected chi connectivity index (χ2v) is 5.41. The van der Waals surface area contributed by atoms with Crippen molar-refractivity contribution in [3.63, 3.8) is 0 Å². The summed E-state index contributed by atoms with van der Waals surface area (Å²) < 4.78 is 10.4. The topological polar surface area (TPSA) is 61.5 Å². The number of ether oxygens (including phenoxy) is 2. The highest BCUT2D eigenvalue weighted by Crippen LogP contribution is 2.16. The van der Waals surface area contributed by atoms with Gasteiger partial charge in [0.05, 0.1) is 0 Å². The van der Waals surface area contributed by atoms with Crippen LogP contribution in [-0.2, 0) is 9.53 Å². The molecule has 0 aliphatic rings. The van der Waals surface area contributed by atoms with Crippen molar-refractivity contribution in [2.75, 3.05) is 24.7 Å². The Morgan fingerprint density at radius 2 is 1.76 bits per heavy atom. The summed E-state index contributed by atoms with van der Waals surface area (Å²) in [5.41, 5.74) is 6.22. The van der Waals surface area contributed by atoms with Crippen LogP contribution in [0.2, 0.25) is 0 Å². The van der Waals surface area contributed by atoms with E-state index in [-0.39, 0.29) is 12.6 Å². The van der Waals surface area contributed by atoms with Crippen LogP contribution < -0.4 is 10.5 Å². The van der Waals surface area contributed by atoms with Gasteiger partial charge in [0, 0.05) is 16.3 Å². The Bertz CT molecular complexity index is 557. The molecule has 0 bridgehead atoms. The van der Waals surface area contributed by atoms with E-state index < -0.39 is 0 Å². The number of carbonyl (C=O) groups is 1. The molecule has 2 aromatic carbocycles. The van der Waals surface area contributed by atoms with Crippen molar-refractivity contribution in [2.45, 2.75) is 4.90 Å². The van der Waals surface area contributed by atoms with Crippen LogP contribution in [0.3, 0.4) is 0 Å². The fraction of sp³-hybridized carbons (Fsp3) is 0.188. The van der Waals surface area contributed by atoms with E-state index in [1.165, 1.54) is 0 Å². The third kappa shape index (κ3) is 5.79. The van der Waals surface area contributed by atoms with Gasteiger partial charge in [-0.1, -0.05) is 18.2 Å². The molecule has 2 rings (SSSR count). The molecule has 2 N–H and O–H groups in total. The van der Waals surface area contributed by atoms with Gasteiger partial charge < -0.3 is 15.2 Å². The Morgan fingerprint density at radius 3 is 2.48 bits per heavy atom. The number of esters is 1. The number of hydrogen-bond acceptors (Lipinski definition) is 5. The fourth-order valence-electron chi connectivity index (χ4n) is 1.58. The highest BCUT2D eigenvalue weighted by Gasteiger charge is 2.04. The number of nitrogens with two attached hydrogens (primary N) is 1. The standard InChI is InChI=1S/C16H17NO3S/c17-13-6-8-14(9-7-13)20-12-16(18)19-10-11-21-15-4-2-1-3-5-15/h1-9H,10-12,17H2. The van der Waals surface area contributed by atoms with Crippen LogP contribution in [0.25, 0.3) is 0 Å². The molecule has 2 aromatic rings. The van der Waals surface area contributed by atoms with Gasteiger partial charge in [0.2, 0.25) is 0 Å². The van der Waals surface area contributed by atoms with Crippen LogP contribution in [0.1, 0.15) is 0 Å². The Labute approximate surface area is 128 Å². The molecule has 0 radical (unpaired) electrons. The summed E-state index contributed by atoms with van der Waals surface area (Å²) in [5, 5.41) is 0. The van der Waals surface area contributed by atoms with E-state index in [1.54, 1.807) is 36.0 Å². The second kappa shape index (κ2) is 8.21. The van der Waals surface area contributed by atoms with Crippen molar-refractivity contribution in [2.24, 2.45) is 0 Å². The predicted octanol–water partition coefficient (Wildman–Crippen LogP) is 2.98. The number of carbonyl (C=O) groups excluding carboxylic acids is 1. The zero-order valence-corrected chi connectivity index (χ0v) is 12.3. The summed E-state index contributed by atoms with van der Waals surface area (Å²) in [6.07, 6.45) is 0. The van der Waals surface area contributed by atoms with Crippen LogP contribution in [0.15, 0.2) is 59.5 Å². The van der Waals surface area contributed by atoms with Gasteiger partial charge in [-0.3, -0.25) is 0 Å². The molecule has 0 heterocycles. The first-order valence-electron chi connectivity index (χ1n) is 6.56. The molecule has 0 saturated heterocycles. The van der Waals surface area contributed by atoms with Crippen LogP contribution in [0, 0.1) is 0 Å². The number of anilines is 1. The first-order chi connectivity index (χ1) is 10.2. The Balaban J connectivity index is 1.60. The lowest BCUT2D eigenvalue weighted by atomic mass is 10.3. The summed E-state index contributed by atoms with van der Waals surface area (Å²) in [5.74, 6) is 0.942. The van der Waals surface area contributed by atoms with Crippen molar-refractivity contribution < 1.29 is 14.3 Å². The SMILES string of the molecule is Nc1ccc(OCC(=O)OCCSc2ccccc2)cc1. The van der Waals surface area contributed by atoms with Gasteiger partial charge in [-0.2, -0.15) is 0 Å². The summed E-state index contributed by atoms with van der Waals surface area (Å²) >= 11 is 1.65. The molecule has 110 valence electrons. The molecule has 0 spiro atoms. The predicted molar refractivity (Wildman–Crippen MR) is 84.5 cm³/mol. The average Bonchev–Trinajstić information content (AvgIpc) is 2.52. The van der Waals surface area contributed by atoms with Gasteiger partial charge in [-0.15, -0.1) is 11.8 Å². The molecule has 4 nitrogen and oxygen atoms in total. The minimum Gasteiger partial charge on any atom is -0.482 e. The Kier molecular flexibility index (Phi) is 5.97. The van der Waals surface area contributed by atoms with Crippen LogP contribution >= 0.6 is 11.8 Å². The molecule has 0 saturated carbocycles. The molecular formula is C16H17NO3S.